The summed E-state index contributed by atoms with van der Waals surface area (Å²) in [6.07, 6.45) is 1.47. The van der Waals surface area contributed by atoms with Gasteiger partial charge in [-0.05, 0) is 33.0 Å². The van der Waals surface area contributed by atoms with Gasteiger partial charge in [0.1, 0.15) is 0 Å². The van der Waals surface area contributed by atoms with Gasteiger partial charge in [-0.25, -0.2) is 0 Å². The Balaban J connectivity index is 3.37. The van der Waals surface area contributed by atoms with Crippen molar-refractivity contribution >= 4 is 5.91 Å². The molecule has 14 heavy (non-hydrogen) atoms. The van der Waals surface area contributed by atoms with Gasteiger partial charge in [-0.1, -0.05) is 6.92 Å². The van der Waals surface area contributed by atoms with E-state index < -0.39 is 0 Å². The highest BCUT2D eigenvalue weighted by molar-refractivity contribution is 5.75. The van der Waals surface area contributed by atoms with Crippen molar-refractivity contribution in [2.45, 2.75) is 19.8 Å². The summed E-state index contributed by atoms with van der Waals surface area (Å²) in [5, 5.41) is 2.87. The molecule has 3 N–H and O–H groups in total. The Labute approximate surface area is 86.8 Å². The van der Waals surface area contributed by atoms with E-state index in [-0.39, 0.29) is 5.91 Å². The Bertz CT molecular complexity index is 159. The molecule has 0 saturated carbocycles. The molecule has 84 valence electrons. The molecule has 0 bridgehead atoms. The highest BCUT2D eigenvalue weighted by atomic mass is 16.1. The van der Waals surface area contributed by atoms with Crippen molar-refractivity contribution in [3.63, 3.8) is 0 Å². The molecule has 0 radical (unpaired) electrons. The molecule has 0 fully saturated rings. The number of carbonyl (C=O) groups excluding carboxylic acids is 1. The first kappa shape index (κ1) is 13.4. The summed E-state index contributed by atoms with van der Waals surface area (Å²) in [4.78, 5) is 13.3. The van der Waals surface area contributed by atoms with E-state index >= 15 is 0 Å². The minimum atomic E-state index is 0.132. The van der Waals surface area contributed by atoms with Crippen LogP contribution in [0.1, 0.15) is 19.8 Å². The summed E-state index contributed by atoms with van der Waals surface area (Å²) in [7, 11) is 3.98. The molecule has 0 heterocycles. The van der Waals surface area contributed by atoms with Crippen LogP contribution in [0.5, 0.6) is 0 Å². The molecule has 0 aromatic rings. The van der Waals surface area contributed by atoms with Gasteiger partial charge < -0.3 is 16.0 Å². The van der Waals surface area contributed by atoms with E-state index in [1.54, 1.807) is 0 Å². The Morgan fingerprint density at radius 2 is 2.14 bits per heavy atom. The maximum absolute atomic E-state index is 11.3. The number of nitrogens with two attached hydrogens (primary N) is 1. The van der Waals surface area contributed by atoms with Gasteiger partial charge in [-0.15, -0.1) is 0 Å². The average Bonchev–Trinajstić information content (AvgIpc) is 2.13. The standard InChI is InChI=1S/C10H23N3O/c1-9(8-11)4-5-10(14)12-6-7-13(2)3/h9H,4-8,11H2,1-3H3,(H,12,14). The monoisotopic (exact) mass is 201 g/mol. The minimum Gasteiger partial charge on any atom is -0.355 e. The summed E-state index contributed by atoms with van der Waals surface area (Å²) in [5.74, 6) is 0.571. The van der Waals surface area contributed by atoms with Crippen LogP contribution in [0.25, 0.3) is 0 Å². The summed E-state index contributed by atoms with van der Waals surface area (Å²) in [6, 6.07) is 0. The van der Waals surface area contributed by atoms with Gasteiger partial charge >= 0.3 is 0 Å². The van der Waals surface area contributed by atoms with Crippen molar-refractivity contribution in [3.05, 3.63) is 0 Å². The summed E-state index contributed by atoms with van der Waals surface area (Å²) < 4.78 is 0. The topological polar surface area (TPSA) is 58.4 Å². The maximum atomic E-state index is 11.3. The number of amides is 1. The predicted molar refractivity (Wildman–Crippen MR) is 59.0 cm³/mol. The van der Waals surface area contributed by atoms with Gasteiger partial charge in [0.2, 0.25) is 5.91 Å². The van der Waals surface area contributed by atoms with E-state index in [0.717, 1.165) is 19.5 Å². The fraction of sp³-hybridized carbons (Fsp3) is 0.900. The fourth-order valence-corrected chi connectivity index (χ4v) is 1.00. The van der Waals surface area contributed by atoms with Crippen molar-refractivity contribution in [1.29, 1.82) is 0 Å². The lowest BCUT2D eigenvalue weighted by Crippen LogP contribution is -2.31. The SMILES string of the molecule is CC(CN)CCC(=O)NCCN(C)C. The summed E-state index contributed by atoms with van der Waals surface area (Å²) in [5.41, 5.74) is 5.46. The number of likely N-dealkylation sites (N-methyl/N-ethyl adjacent to an activating group) is 1. The van der Waals surface area contributed by atoms with Crippen LogP contribution >= 0.6 is 0 Å². The van der Waals surface area contributed by atoms with Crippen LogP contribution in [0, 0.1) is 5.92 Å². The lowest BCUT2D eigenvalue weighted by Gasteiger charge is -2.11. The first-order valence-corrected chi connectivity index (χ1v) is 5.17. The van der Waals surface area contributed by atoms with Crippen LogP contribution in [0.4, 0.5) is 0 Å². The zero-order chi connectivity index (χ0) is 11.0. The third-order valence-electron chi connectivity index (χ3n) is 2.15. The molecule has 0 aliphatic rings. The molecule has 0 aromatic carbocycles. The Hall–Kier alpha value is -0.610. The van der Waals surface area contributed by atoms with Crippen LogP contribution in [0.15, 0.2) is 0 Å². The summed E-state index contributed by atoms with van der Waals surface area (Å²) in [6.45, 7) is 4.33. The van der Waals surface area contributed by atoms with Crippen molar-refractivity contribution in [2.24, 2.45) is 11.7 Å². The van der Waals surface area contributed by atoms with Gasteiger partial charge in [0.25, 0.3) is 0 Å². The van der Waals surface area contributed by atoms with E-state index in [4.69, 9.17) is 5.73 Å². The van der Waals surface area contributed by atoms with Crippen molar-refractivity contribution in [1.82, 2.24) is 10.2 Å². The number of rotatable bonds is 7. The van der Waals surface area contributed by atoms with E-state index in [1.807, 2.05) is 19.0 Å². The number of carbonyl (C=O) groups is 1. The molecule has 0 aliphatic carbocycles. The molecule has 0 saturated heterocycles. The highest BCUT2D eigenvalue weighted by Crippen LogP contribution is 2.02. The second kappa shape index (κ2) is 7.76. The van der Waals surface area contributed by atoms with Crippen LogP contribution in [0.2, 0.25) is 0 Å². The smallest absolute Gasteiger partial charge is 0.220 e. The van der Waals surface area contributed by atoms with Crippen LogP contribution in [-0.2, 0) is 4.79 Å². The lowest BCUT2D eigenvalue weighted by atomic mass is 10.1. The molecule has 1 atom stereocenters. The van der Waals surface area contributed by atoms with Gasteiger partial charge in [-0.2, -0.15) is 0 Å². The van der Waals surface area contributed by atoms with Gasteiger partial charge in [0.15, 0.2) is 0 Å². The molecule has 1 unspecified atom stereocenters. The predicted octanol–water partition coefficient (Wildman–Crippen LogP) is 0.0392. The normalized spacial score (nSPS) is 12.9. The van der Waals surface area contributed by atoms with Crippen LogP contribution in [-0.4, -0.2) is 44.5 Å². The third kappa shape index (κ3) is 8.01. The zero-order valence-corrected chi connectivity index (χ0v) is 9.55. The van der Waals surface area contributed by atoms with Gasteiger partial charge in [-0.3, -0.25) is 4.79 Å². The average molecular weight is 201 g/mol. The van der Waals surface area contributed by atoms with E-state index in [2.05, 4.69) is 12.2 Å². The van der Waals surface area contributed by atoms with Crippen LogP contribution < -0.4 is 11.1 Å². The van der Waals surface area contributed by atoms with Crippen molar-refractivity contribution < 1.29 is 4.79 Å². The molecular weight excluding hydrogens is 178 g/mol. The van der Waals surface area contributed by atoms with E-state index in [9.17, 15) is 4.79 Å². The van der Waals surface area contributed by atoms with Gasteiger partial charge in [0.05, 0.1) is 0 Å². The molecule has 0 rings (SSSR count). The van der Waals surface area contributed by atoms with E-state index in [1.165, 1.54) is 0 Å². The lowest BCUT2D eigenvalue weighted by molar-refractivity contribution is -0.121. The Morgan fingerprint density at radius 1 is 1.50 bits per heavy atom. The minimum absolute atomic E-state index is 0.132. The molecule has 1 amide bonds. The number of nitrogens with zero attached hydrogens (tertiary/aromatic N) is 1. The largest absolute Gasteiger partial charge is 0.355 e. The quantitative estimate of drug-likeness (QED) is 0.611. The first-order chi connectivity index (χ1) is 6.56. The number of hydrogen-bond acceptors (Lipinski definition) is 3. The number of hydrogen-bond donors (Lipinski definition) is 2. The Kier molecular flexibility index (Phi) is 7.42. The fourth-order valence-electron chi connectivity index (χ4n) is 1.00. The number of nitrogens with one attached hydrogen (secondary N) is 1. The molecule has 0 aliphatic heterocycles. The Morgan fingerprint density at radius 3 is 2.64 bits per heavy atom. The highest BCUT2D eigenvalue weighted by Gasteiger charge is 2.04. The molecule has 0 spiro atoms. The second-order valence-electron chi connectivity index (χ2n) is 4.03. The van der Waals surface area contributed by atoms with Crippen molar-refractivity contribution in [3.8, 4) is 0 Å². The van der Waals surface area contributed by atoms with Crippen molar-refractivity contribution in [2.75, 3.05) is 33.7 Å². The first-order valence-electron chi connectivity index (χ1n) is 5.17. The molecule has 0 aromatic heterocycles. The maximum Gasteiger partial charge on any atom is 0.220 e. The van der Waals surface area contributed by atoms with Gasteiger partial charge in [0, 0.05) is 19.5 Å². The molecular formula is C10H23N3O. The van der Waals surface area contributed by atoms with E-state index in [0.29, 0.717) is 18.9 Å². The molecule has 4 nitrogen and oxygen atoms in total. The van der Waals surface area contributed by atoms with Crippen LogP contribution in [0.3, 0.4) is 0 Å². The second-order valence-corrected chi connectivity index (χ2v) is 4.03. The zero-order valence-electron chi connectivity index (χ0n) is 9.55. The third-order valence-corrected chi connectivity index (χ3v) is 2.15. The molecule has 4 heteroatoms. The summed E-state index contributed by atoms with van der Waals surface area (Å²) >= 11 is 0.